The Kier molecular flexibility index (Phi) is 9.49. The van der Waals surface area contributed by atoms with Crippen molar-refractivity contribution in [2.24, 2.45) is 0 Å². The van der Waals surface area contributed by atoms with Gasteiger partial charge in [-0.15, -0.1) is 10.2 Å². The van der Waals surface area contributed by atoms with Gasteiger partial charge in [-0.3, -0.25) is 14.6 Å². The van der Waals surface area contributed by atoms with Crippen molar-refractivity contribution in [3.63, 3.8) is 0 Å². The van der Waals surface area contributed by atoms with Gasteiger partial charge in [-0.05, 0) is 47.9 Å². The van der Waals surface area contributed by atoms with Crippen molar-refractivity contribution in [1.82, 2.24) is 30.4 Å². The highest BCUT2D eigenvalue weighted by atomic mass is 35.5. The van der Waals surface area contributed by atoms with E-state index in [9.17, 15) is 4.79 Å². The maximum atomic E-state index is 13.1. The van der Waals surface area contributed by atoms with E-state index in [1.165, 1.54) is 11.8 Å². The summed E-state index contributed by atoms with van der Waals surface area (Å²) in [5.41, 5.74) is 2.58. The molecule has 0 unspecified atom stereocenters. The molecule has 0 aliphatic carbocycles. The largest absolute Gasteiger partial charge is 0.492 e. The van der Waals surface area contributed by atoms with Gasteiger partial charge in [-0.1, -0.05) is 64.5 Å². The molecular weight excluding hydrogens is 579 g/mol. The molecule has 204 valence electrons. The number of rotatable bonds is 10. The smallest absolute Gasteiger partial charge is 0.266 e. The molecule has 9 nitrogen and oxygen atoms in total. The van der Waals surface area contributed by atoms with Crippen LogP contribution in [-0.2, 0) is 16.0 Å². The molecule has 2 aromatic carbocycles. The summed E-state index contributed by atoms with van der Waals surface area (Å²) in [7, 11) is 0. The Hall–Kier alpha value is -2.54. The first kappa shape index (κ1) is 28.0. The first-order valence-electron chi connectivity index (χ1n) is 12.5. The van der Waals surface area contributed by atoms with Crippen molar-refractivity contribution < 1.29 is 14.3 Å². The summed E-state index contributed by atoms with van der Waals surface area (Å²) in [6.45, 7) is 5.12. The number of carbonyl (C=O) groups is 1. The molecule has 3 aromatic rings. The molecule has 2 aliphatic rings. The number of carbonyl (C=O) groups excluding carboxylic acids is 1. The first-order valence-corrected chi connectivity index (χ1v) is 14.5. The molecule has 1 N–H and O–H groups in total. The van der Waals surface area contributed by atoms with E-state index < -0.39 is 0 Å². The lowest BCUT2D eigenvalue weighted by Crippen LogP contribution is -2.38. The third-order valence-corrected chi connectivity index (χ3v) is 8.46. The zero-order chi connectivity index (χ0) is 27.2. The van der Waals surface area contributed by atoms with E-state index in [0.717, 1.165) is 55.3 Å². The number of hydrogen-bond acceptors (Lipinski definition) is 9. The van der Waals surface area contributed by atoms with Gasteiger partial charge in [0, 0.05) is 38.2 Å². The average molecular weight is 606 g/mol. The first-order chi connectivity index (χ1) is 19.0. The lowest BCUT2D eigenvalue weighted by atomic mass is 10.0. The van der Waals surface area contributed by atoms with E-state index in [0.29, 0.717) is 51.1 Å². The Bertz CT molecular complexity index is 1370. The summed E-state index contributed by atoms with van der Waals surface area (Å²) in [5, 5.41) is 14.8. The van der Waals surface area contributed by atoms with Crippen molar-refractivity contribution in [3.8, 4) is 16.9 Å². The predicted octanol–water partition coefficient (Wildman–Crippen LogP) is 4.72. The van der Waals surface area contributed by atoms with E-state index in [-0.39, 0.29) is 5.91 Å². The van der Waals surface area contributed by atoms with E-state index in [1.54, 1.807) is 11.0 Å². The van der Waals surface area contributed by atoms with Crippen molar-refractivity contribution in [2.75, 3.05) is 46.0 Å². The fraction of sp³-hybridized carbons (Fsp3) is 0.346. The SMILES string of the molecule is O=C1/C(=C/c2ccc(OCCN3CCOCC3)c(-c3ccc(Cl)c(Cl)c3)c2)SC(=S)N1CCCc1nn[nH]n1. The molecule has 2 saturated heterocycles. The van der Waals surface area contributed by atoms with Crippen LogP contribution in [0.15, 0.2) is 41.3 Å². The maximum Gasteiger partial charge on any atom is 0.266 e. The number of morpholine rings is 1. The van der Waals surface area contributed by atoms with Crippen LogP contribution >= 0.6 is 47.2 Å². The zero-order valence-corrected chi connectivity index (χ0v) is 24.1. The number of H-pyrrole nitrogens is 1. The number of aromatic nitrogens is 4. The Morgan fingerprint density at radius 1 is 1.13 bits per heavy atom. The minimum atomic E-state index is -0.111. The highest BCUT2D eigenvalue weighted by Crippen LogP contribution is 2.37. The van der Waals surface area contributed by atoms with E-state index in [1.807, 2.05) is 36.4 Å². The predicted molar refractivity (Wildman–Crippen MR) is 157 cm³/mol. The van der Waals surface area contributed by atoms with Crippen molar-refractivity contribution in [1.29, 1.82) is 0 Å². The number of halogens is 2. The van der Waals surface area contributed by atoms with Gasteiger partial charge in [0.1, 0.15) is 16.7 Å². The third kappa shape index (κ3) is 7.16. The number of thiocarbonyl (C=S) groups is 1. The molecule has 0 saturated carbocycles. The lowest BCUT2D eigenvalue weighted by molar-refractivity contribution is -0.122. The zero-order valence-electron chi connectivity index (χ0n) is 20.9. The van der Waals surface area contributed by atoms with Crippen LogP contribution in [0.2, 0.25) is 10.0 Å². The van der Waals surface area contributed by atoms with Gasteiger partial charge < -0.3 is 9.47 Å². The molecule has 0 bridgehead atoms. The number of nitrogens with zero attached hydrogens (tertiary/aromatic N) is 5. The molecule has 2 fully saturated rings. The van der Waals surface area contributed by atoms with Crippen LogP contribution in [0.1, 0.15) is 17.8 Å². The Morgan fingerprint density at radius 2 is 1.97 bits per heavy atom. The molecule has 2 aliphatic heterocycles. The second-order valence-electron chi connectivity index (χ2n) is 8.95. The van der Waals surface area contributed by atoms with Gasteiger partial charge in [0.2, 0.25) is 0 Å². The Morgan fingerprint density at radius 3 is 2.74 bits per heavy atom. The second kappa shape index (κ2) is 13.2. The molecule has 0 spiro atoms. The van der Waals surface area contributed by atoms with Crippen LogP contribution < -0.4 is 4.74 Å². The summed E-state index contributed by atoms with van der Waals surface area (Å²) >= 11 is 19.3. The van der Waals surface area contributed by atoms with E-state index in [2.05, 4.69) is 25.5 Å². The van der Waals surface area contributed by atoms with Gasteiger partial charge in [0.05, 0.1) is 28.2 Å². The third-order valence-electron chi connectivity index (χ3n) is 6.35. The lowest BCUT2D eigenvalue weighted by Gasteiger charge is -2.26. The molecule has 1 amide bonds. The molecule has 39 heavy (non-hydrogen) atoms. The number of tetrazole rings is 1. The van der Waals surface area contributed by atoms with Crippen LogP contribution in [0, 0.1) is 0 Å². The molecule has 5 rings (SSSR count). The molecular formula is C26H26Cl2N6O3S2. The summed E-state index contributed by atoms with van der Waals surface area (Å²) < 4.78 is 12.2. The van der Waals surface area contributed by atoms with Crippen molar-refractivity contribution >= 4 is 63.5 Å². The topological polar surface area (TPSA) is 96.5 Å². The Labute approximate surface area is 245 Å². The highest BCUT2D eigenvalue weighted by molar-refractivity contribution is 8.26. The number of benzene rings is 2. The van der Waals surface area contributed by atoms with Gasteiger partial charge >= 0.3 is 0 Å². The van der Waals surface area contributed by atoms with E-state index in [4.69, 9.17) is 44.9 Å². The second-order valence-corrected chi connectivity index (χ2v) is 11.4. The molecule has 3 heterocycles. The summed E-state index contributed by atoms with van der Waals surface area (Å²) in [5.74, 6) is 1.23. The summed E-state index contributed by atoms with van der Waals surface area (Å²) in [6, 6.07) is 11.4. The number of aromatic amines is 1. The summed E-state index contributed by atoms with van der Waals surface area (Å²) in [4.78, 5) is 17.6. The fourth-order valence-corrected chi connectivity index (χ4v) is 5.90. The van der Waals surface area contributed by atoms with Gasteiger partial charge in [0.15, 0.2) is 5.82 Å². The number of amides is 1. The van der Waals surface area contributed by atoms with E-state index >= 15 is 0 Å². The number of nitrogens with one attached hydrogen (secondary N) is 1. The van der Waals surface area contributed by atoms with Crippen LogP contribution in [0.3, 0.4) is 0 Å². The number of ether oxygens (including phenoxy) is 2. The minimum absolute atomic E-state index is 0.111. The molecule has 13 heteroatoms. The minimum Gasteiger partial charge on any atom is -0.492 e. The van der Waals surface area contributed by atoms with Crippen LogP contribution in [0.25, 0.3) is 17.2 Å². The van der Waals surface area contributed by atoms with Gasteiger partial charge in [-0.2, -0.15) is 5.21 Å². The van der Waals surface area contributed by atoms with Crippen molar-refractivity contribution in [2.45, 2.75) is 12.8 Å². The highest BCUT2D eigenvalue weighted by Gasteiger charge is 2.31. The monoisotopic (exact) mass is 604 g/mol. The van der Waals surface area contributed by atoms with Crippen LogP contribution in [0.4, 0.5) is 0 Å². The number of hydrogen-bond donors (Lipinski definition) is 1. The standard InChI is InChI=1S/C26H26Cl2N6O3S2/c27-20-5-4-18(16-21(20)28)19-14-17(3-6-22(19)37-13-10-33-8-11-36-12-9-33)15-23-25(35)34(26(38)39-23)7-1-2-24-29-31-32-30-24/h3-6,14-16H,1-2,7-13H2,(H,29,30,31,32)/b23-15-. The normalized spacial score (nSPS) is 17.4. The molecule has 0 radical (unpaired) electrons. The summed E-state index contributed by atoms with van der Waals surface area (Å²) in [6.07, 6.45) is 3.14. The molecule has 1 aromatic heterocycles. The maximum absolute atomic E-state index is 13.1. The van der Waals surface area contributed by atoms with Gasteiger partial charge in [0.25, 0.3) is 5.91 Å². The average Bonchev–Trinajstić information content (AvgIpc) is 3.55. The van der Waals surface area contributed by atoms with Crippen LogP contribution in [0.5, 0.6) is 5.75 Å². The van der Waals surface area contributed by atoms with Crippen molar-refractivity contribution in [3.05, 3.63) is 62.7 Å². The molecule has 0 atom stereocenters. The van der Waals surface area contributed by atoms with Crippen LogP contribution in [-0.4, -0.2) is 86.7 Å². The fourth-order valence-electron chi connectivity index (χ4n) is 4.29. The Balaban J connectivity index is 1.33. The van der Waals surface area contributed by atoms with Gasteiger partial charge in [-0.25, -0.2) is 0 Å². The quantitative estimate of drug-likeness (QED) is 0.260. The number of thioether (sulfide) groups is 1. The number of aryl methyl sites for hydroxylation is 1.